The first-order valence-corrected chi connectivity index (χ1v) is 7.27. The van der Waals surface area contributed by atoms with E-state index in [1.807, 2.05) is 13.1 Å². The number of aromatic nitrogens is 2. The lowest BCUT2D eigenvalue weighted by molar-refractivity contribution is 0.639. The van der Waals surface area contributed by atoms with E-state index < -0.39 is 0 Å². The molecule has 1 aromatic carbocycles. The summed E-state index contributed by atoms with van der Waals surface area (Å²) < 4.78 is 0. The van der Waals surface area contributed by atoms with Crippen LogP contribution in [0.4, 0.5) is 0 Å². The van der Waals surface area contributed by atoms with Crippen LogP contribution in [0, 0.1) is 0 Å². The van der Waals surface area contributed by atoms with E-state index in [2.05, 4.69) is 46.7 Å². The molecule has 1 heterocycles. The van der Waals surface area contributed by atoms with Gasteiger partial charge in [-0.15, -0.1) is 22.0 Å². The van der Waals surface area contributed by atoms with Crippen LogP contribution in [0.15, 0.2) is 35.2 Å². The Bertz CT molecular complexity index is 456. The summed E-state index contributed by atoms with van der Waals surface area (Å²) in [7, 11) is 1.93. The zero-order valence-corrected chi connectivity index (χ0v) is 11.5. The Morgan fingerprint density at radius 2 is 2.06 bits per heavy atom. The minimum absolute atomic E-state index is 0.281. The highest BCUT2D eigenvalue weighted by molar-refractivity contribution is 7.98. The van der Waals surface area contributed by atoms with Crippen LogP contribution in [0.25, 0.3) is 0 Å². The molecule has 0 amide bonds. The van der Waals surface area contributed by atoms with Gasteiger partial charge in [0.1, 0.15) is 10.0 Å². The van der Waals surface area contributed by atoms with E-state index in [4.69, 9.17) is 0 Å². The maximum Gasteiger partial charge on any atom is 0.134 e. The number of hydrogen-bond donors (Lipinski definition) is 1. The molecule has 3 nitrogen and oxygen atoms in total. The number of rotatable bonds is 5. The minimum atomic E-state index is 0.281. The van der Waals surface area contributed by atoms with Crippen LogP contribution in [-0.4, -0.2) is 17.2 Å². The molecule has 1 aromatic heterocycles. The Labute approximate surface area is 110 Å². The summed E-state index contributed by atoms with van der Waals surface area (Å²) in [5, 5.41) is 13.7. The van der Waals surface area contributed by atoms with Gasteiger partial charge in [-0.25, -0.2) is 0 Å². The molecule has 1 atom stereocenters. The fraction of sp³-hybridized carbons (Fsp3) is 0.333. The monoisotopic (exact) mass is 265 g/mol. The molecule has 17 heavy (non-hydrogen) atoms. The van der Waals surface area contributed by atoms with Crippen LogP contribution in [0.1, 0.15) is 23.0 Å². The third-order valence-corrected chi connectivity index (χ3v) is 4.70. The van der Waals surface area contributed by atoms with Crippen LogP contribution < -0.4 is 5.32 Å². The van der Waals surface area contributed by atoms with E-state index in [0.717, 1.165) is 15.8 Å². The second-order valence-electron chi connectivity index (χ2n) is 3.65. The molecule has 1 unspecified atom stereocenters. The molecule has 5 heteroatoms. The quantitative estimate of drug-likeness (QED) is 0.843. The second-order valence-corrected chi connectivity index (χ2v) is 5.79. The first kappa shape index (κ1) is 12.5. The Morgan fingerprint density at radius 3 is 2.76 bits per heavy atom. The van der Waals surface area contributed by atoms with Crippen LogP contribution >= 0.6 is 23.1 Å². The predicted molar refractivity (Wildman–Crippen MR) is 73.4 cm³/mol. The average molecular weight is 265 g/mol. The lowest BCUT2D eigenvalue weighted by Crippen LogP contribution is -2.11. The molecular formula is C12H15N3S2. The highest BCUT2D eigenvalue weighted by Gasteiger charge is 2.09. The molecule has 0 bridgehead atoms. The minimum Gasteiger partial charge on any atom is -0.311 e. The van der Waals surface area contributed by atoms with E-state index >= 15 is 0 Å². The Balaban J connectivity index is 1.94. The zero-order valence-electron chi connectivity index (χ0n) is 9.88. The van der Waals surface area contributed by atoms with Crippen LogP contribution in [0.5, 0.6) is 0 Å². The molecule has 1 N–H and O–H groups in total. The molecule has 90 valence electrons. The lowest BCUT2D eigenvalue weighted by Gasteiger charge is -2.02. The van der Waals surface area contributed by atoms with Crippen LogP contribution in [0.2, 0.25) is 0 Å². The van der Waals surface area contributed by atoms with Gasteiger partial charge < -0.3 is 5.32 Å². The van der Waals surface area contributed by atoms with E-state index in [-0.39, 0.29) is 6.04 Å². The molecule has 2 rings (SSSR count). The van der Waals surface area contributed by atoms with E-state index in [1.54, 1.807) is 23.1 Å². The van der Waals surface area contributed by atoms with Crippen molar-refractivity contribution in [3.05, 3.63) is 40.3 Å². The normalized spacial score (nSPS) is 12.6. The van der Waals surface area contributed by atoms with Crippen LogP contribution in [0.3, 0.4) is 0 Å². The third kappa shape index (κ3) is 3.52. The van der Waals surface area contributed by atoms with Gasteiger partial charge in [-0.1, -0.05) is 29.5 Å². The Hall–Kier alpha value is -0.910. The highest BCUT2D eigenvalue weighted by atomic mass is 32.2. The maximum atomic E-state index is 4.21. The van der Waals surface area contributed by atoms with Crippen molar-refractivity contribution in [2.75, 3.05) is 7.05 Å². The van der Waals surface area contributed by atoms with Crippen molar-refractivity contribution in [2.45, 2.75) is 23.6 Å². The second kappa shape index (κ2) is 6.14. The highest BCUT2D eigenvalue weighted by Crippen LogP contribution is 2.25. The van der Waals surface area contributed by atoms with E-state index in [9.17, 15) is 0 Å². The summed E-state index contributed by atoms with van der Waals surface area (Å²) in [6.07, 6.45) is 0. The maximum absolute atomic E-state index is 4.21. The van der Waals surface area contributed by atoms with Crippen molar-refractivity contribution in [2.24, 2.45) is 0 Å². The first-order valence-electron chi connectivity index (χ1n) is 5.47. The van der Waals surface area contributed by atoms with Gasteiger partial charge in [-0.3, -0.25) is 0 Å². The zero-order chi connectivity index (χ0) is 12.1. The molecule has 0 radical (unpaired) electrons. The number of benzene rings is 1. The Kier molecular flexibility index (Phi) is 4.53. The van der Waals surface area contributed by atoms with Gasteiger partial charge >= 0.3 is 0 Å². The number of nitrogens with zero attached hydrogens (tertiary/aromatic N) is 2. The molecule has 0 aliphatic carbocycles. The Morgan fingerprint density at radius 1 is 1.29 bits per heavy atom. The van der Waals surface area contributed by atoms with Gasteiger partial charge in [0.15, 0.2) is 0 Å². The van der Waals surface area contributed by atoms with E-state index in [1.165, 1.54) is 4.90 Å². The largest absolute Gasteiger partial charge is 0.311 e. The summed E-state index contributed by atoms with van der Waals surface area (Å²) >= 11 is 3.47. The number of hydrogen-bond acceptors (Lipinski definition) is 5. The van der Waals surface area contributed by atoms with Gasteiger partial charge in [0.05, 0.1) is 11.8 Å². The van der Waals surface area contributed by atoms with Crippen molar-refractivity contribution in [3.8, 4) is 0 Å². The summed E-state index contributed by atoms with van der Waals surface area (Å²) in [6, 6.07) is 10.6. The molecular weight excluding hydrogens is 250 g/mol. The topological polar surface area (TPSA) is 37.8 Å². The molecule has 0 aliphatic rings. The molecule has 0 saturated heterocycles. The summed E-state index contributed by atoms with van der Waals surface area (Å²) in [6.45, 7) is 2.09. The predicted octanol–water partition coefficient (Wildman–Crippen LogP) is 3.11. The van der Waals surface area contributed by atoms with Gasteiger partial charge in [-0.2, -0.15) is 0 Å². The average Bonchev–Trinajstić information content (AvgIpc) is 2.85. The van der Waals surface area contributed by atoms with Crippen LogP contribution in [-0.2, 0) is 5.75 Å². The molecule has 0 fully saturated rings. The molecule has 0 saturated carbocycles. The van der Waals surface area contributed by atoms with Crippen molar-refractivity contribution < 1.29 is 0 Å². The van der Waals surface area contributed by atoms with Gasteiger partial charge in [0.2, 0.25) is 0 Å². The number of nitrogens with one attached hydrogen (secondary N) is 1. The fourth-order valence-electron chi connectivity index (χ4n) is 1.29. The summed E-state index contributed by atoms with van der Waals surface area (Å²) in [5.41, 5.74) is 0. The van der Waals surface area contributed by atoms with Gasteiger partial charge in [-0.05, 0) is 26.1 Å². The first-order chi connectivity index (χ1) is 8.29. The standard InChI is InChI=1S/C12H15N3S2/c1-9(13-2)12-15-14-11(17-12)8-16-10-6-4-3-5-7-10/h3-7,9,13H,8H2,1-2H3. The lowest BCUT2D eigenvalue weighted by atomic mass is 10.4. The number of thioether (sulfide) groups is 1. The summed E-state index contributed by atoms with van der Waals surface area (Å²) in [5.74, 6) is 0.887. The molecule has 0 spiro atoms. The molecule has 0 aliphatic heterocycles. The molecule has 2 aromatic rings. The smallest absolute Gasteiger partial charge is 0.134 e. The van der Waals surface area contributed by atoms with Gasteiger partial charge in [0, 0.05) is 4.90 Å². The van der Waals surface area contributed by atoms with E-state index in [0.29, 0.717) is 0 Å². The SMILES string of the molecule is CNC(C)c1nnc(CSc2ccccc2)s1. The fourth-order valence-corrected chi connectivity index (χ4v) is 3.09. The van der Waals surface area contributed by atoms with Crippen molar-refractivity contribution in [3.63, 3.8) is 0 Å². The van der Waals surface area contributed by atoms with Gasteiger partial charge in [0.25, 0.3) is 0 Å². The van der Waals surface area contributed by atoms with Crippen molar-refractivity contribution in [1.82, 2.24) is 15.5 Å². The third-order valence-electron chi connectivity index (χ3n) is 2.39. The van der Waals surface area contributed by atoms with Crippen molar-refractivity contribution >= 4 is 23.1 Å². The van der Waals surface area contributed by atoms with Crippen molar-refractivity contribution in [1.29, 1.82) is 0 Å². The summed E-state index contributed by atoms with van der Waals surface area (Å²) in [4.78, 5) is 1.27.